The van der Waals surface area contributed by atoms with Crippen molar-refractivity contribution >= 4 is 27.3 Å². The van der Waals surface area contributed by atoms with E-state index in [-0.39, 0.29) is 11.4 Å². The van der Waals surface area contributed by atoms with Gasteiger partial charge in [0, 0.05) is 24.5 Å². The highest BCUT2D eigenvalue weighted by molar-refractivity contribution is 7.89. The lowest BCUT2D eigenvalue weighted by molar-refractivity contribution is 0.0693. The number of hydrogen-bond donors (Lipinski definition) is 3. The van der Waals surface area contributed by atoms with Crippen molar-refractivity contribution in [1.82, 2.24) is 9.71 Å². The summed E-state index contributed by atoms with van der Waals surface area (Å²) in [6.07, 6.45) is 2.08. The molecule has 3 N–H and O–H groups in total. The number of aromatic carboxylic acids is 1. The van der Waals surface area contributed by atoms with Gasteiger partial charge in [0.25, 0.3) is 0 Å². The molecule has 0 saturated carbocycles. The maximum absolute atomic E-state index is 12.0. The minimum Gasteiger partial charge on any atom is -0.507 e. The van der Waals surface area contributed by atoms with Crippen molar-refractivity contribution in [1.29, 1.82) is 0 Å². The number of hydrogen-bond acceptors (Lipinski definition) is 6. The van der Waals surface area contributed by atoms with Gasteiger partial charge in [-0.15, -0.1) is 11.3 Å². The fourth-order valence-corrected chi connectivity index (χ4v) is 3.28. The molecule has 0 aliphatic carbocycles. The standard InChI is InChI=1S/C12H12N2O5S2/c15-10-2-1-8(7-9(10)12(16)17)21(18,19)14-4-3-11-13-5-6-20-11/h1-2,5-7,14-15H,3-4H2,(H,16,17). The summed E-state index contributed by atoms with van der Waals surface area (Å²) in [6, 6.07) is 3.11. The Balaban J connectivity index is 2.12. The number of phenols is 1. The molecule has 7 nitrogen and oxygen atoms in total. The van der Waals surface area contributed by atoms with Crippen LogP contribution in [0, 0.1) is 0 Å². The van der Waals surface area contributed by atoms with Crippen LogP contribution in [0.1, 0.15) is 15.4 Å². The second kappa shape index (κ2) is 6.20. The van der Waals surface area contributed by atoms with E-state index in [0.29, 0.717) is 6.42 Å². The minimum absolute atomic E-state index is 0.152. The maximum atomic E-state index is 12.0. The van der Waals surface area contributed by atoms with Gasteiger partial charge in [-0.25, -0.2) is 22.9 Å². The van der Waals surface area contributed by atoms with E-state index in [9.17, 15) is 18.3 Å². The second-order valence-corrected chi connectivity index (χ2v) is 6.80. The first-order chi connectivity index (χ1) is 9.90. The summed E-state index contributed by atoms with van der Waals surface area (Å²) in [7, 11) is -3.83. The van der Waals surface area contributed by atoms with Crippen molar-refractivity contribution in [3.8, 4) is 5.75 Å². The quantitative estimate of drug-likeness (QED) is 0.730. The summed E-state index contributed by atoms with van der Waals surface area (Å²) in [5.41, 5.74) is -0.460. The zero-order valence-corrected chi connectivity index (χ0v) is 12.3. The van der Waals surface area contributed by atoms with Gasteiger partial charge in [0.15, 0.2) is 0 Å². The normalized spacial score (nSPS) is 11.4. The Kier molecular flexibility index (Phi) is 4.56. The molecular weight excluding hydrogens is 316 g/mol. The van der Waals surface area contributed by atoms with E-state index in [4.69, 9.17) is 5.11 Å². The molecule has 0 spiro atoms. The summed E-state index contributed by atoms with van der Waals surface area (Å²) in [5, 5.41) is 20.8. The Morgan fingerprint density at radius 3 is 2.76 bits per heavy atom. The van der Waals surface area contributed by atoms with E-state index in [1.54, 1.807) is 11.6 Å². The van der Waals surface area contributed by atoms with Gasteiger partial charge in [-0.3, -0.25) is 0 Å². The molecule has 0 radical (unpaired) electrons. The summed E-state index contributed by atoms with van der Waals surface area (Å²) >= 11 is 1.42. The summed E-state index contributed by atoms with van der Waals surface area (Å²) in [6.45, 7) is 0.152. The van der Waals surface area contributed by atoms with Crippen LogP contribution in [0.2, 0.25) is 0 Å². The average Bonchev–Trinajstić information content (AvgIpc) is 2.91. The smallest absolute Gasteiger partial charge is 0.339 e. The van der Waals surface area contributed by atoms with Gasteiger partial charge < -0.3 is 10.2 Å². The lowest BCUT2D eigenvalue weighted by atomic mass is 10.2. The van der Waals surface area contributed by atoms with Crippen LogP contribution in [-0.2, 0) is 16.4 Å². The lowest BCUT2D eigenvalue weighted by Gasteiger charge is -2.07. The predicted octanol–water partition coefficient (Wildman–Crippen LogP) is 1.07. The van der Waals surface area contributed by atoms with Crippen LogP contribution in [0.15, 0.2) is 34.7 Å². The third-order valence-corrected chi connectivity index (χ3v) is 4.92. The van der Waals surface area contributed by atoms with E-state index in [0.717, 1.165) is 23.2 Å². The molecular formula is C12H12N2O5S2. The number of rotatable bonds is 6. The Morgan fingerprint density at radius 2 is 2.14 bits per heavy atom. The van der Waals surface area contributed by atoms with Crippen LogP contribution < -0.4 is 4.72 Å². The minimum atomic E-state index is -3.83. The zero-order valence-electron chi connectivity index (χ0n) is 10.7. The Morgan fingerprint density at radius 1 is 1.38 bits per heavy atom. The van der Waals surface area contributed by atoms with Gasteiger partial charge in [0.2, 0.25) is 10.0 Å². The Labute approximate surface area is 125 Å². The second-order valence-electron chi connectivity index (χ2n) is 4.06. The molecule has 0 amide bonds. The number of carboxylic acids is 1. The van der Waals surface area contributed by atoms with Gasteiger partial charge in [-0.2, -0.15) is 0 Å². The maximum Gasteiger partial charge on any atom is 0.339 e. The van der Waals surface area contributed by atoms with Crippen molar-refractivity contribution in [3.63, 3.8) is 0 Å². The molecule has 1 aromatic carbocycles. The van der Waals surface area contributed by atoms with Crippen molar-refractivity contribution < 1.29 is 23.4 Å². The molecule has 0 fully saturated rings. The largest absolute Gasteiger partial charge is 0.507 e. The summed E-state index contributed by atoms with van der Waals surface area (Å²) in [5.74, 6) is -1.88. The van der Waals surface area contributed by atoms with E-state index >= 15 is 0 Å². The van der Waals surface area contributed by atoms with Gasteiger partial charge in [0.05, 0.1) is 9.90 Å². The molecule has 0 bridgehead atoms. The fraction of sp³-hybridized carbons (Fsp3) is 0.167. The molecule has 9 heteroatoms. The predicted molar refractivity (Wildman–Crippen MR) is 76.1 cm³/mol. The molecule has 0 aliphatic heterocycles. The van der Waals surface area contributed by atoms with E-state index in [1.807, 2.05) is 0 Å². The molecule has 0 aliphatic rings. The number of sulfonamides is 1. The van der Waals surface area contributed by atoms with Crippen LogP contribution in [0.25, 0.3) is 0 Å². The van der Waals surface area contributed by atoms with E-state index in [2.05, 4.69) is 9.71 Å². The lowest BCUT2D eigenvalue weighted by Crippen LogP contribution is -2.26. The number of carboxylic acid groups (broad SMARTS) is 1. The van der Waals surface area contributed by atoms with Gasteiger partial charge in [-0.1, -0.05) is 0 Å². The first kappa shape index (κ1) is 15.4. The number of aromatic hydroxyl groups is 1. The highest BCUT2D eigenvalue weighted by Gasteiger charge is 2.18. The van der Waals surface area contributed by atoms with Crippen LogP contribution in [0.3, 0.4) is 0 Å². The number of nitrogens with zero attached hydrogens (tertiary/aromatic N) is 1. The van der Waals surface area contributed by atoms with Crippen molar-refractivity contribution in [3.05, 3.63) is 40.3 Å². The molecule has 2 rings (SSSR count). The molecule has 1 aromatic heterocycles. The van der Waals surface area contributed by atoms with Crippen molar-refractivity contribution in [2.45, 2.75) is 11.3 Å². The van der Waals surface area contributed by atoms with E-state index in [1.165, 1.54) is 11.3 Å². The average molecular weight is 328 g/mol. The van der Waals surface area contributed by atoms with Gasteiger partial charge in [0.1, 0.15) is 11.3 Å². The van der Waals surface area contributed by atoms with Crippen molar-refractivity contribution in [2.24, 2.45) is 0 Å². The van der Waals surface area contributed by atoms with Crippen LogP contribution in [-0.4, -0.2) is 36.1 Å². The van der Waals surface area contributed by atoms with Crippen molar-refractivity contribution in [2.75, 3.05) is 6.54 Å². The monoisotopic (exact) mass is 328 g/mol. The molecule has 0 atom stereocenters. The first-order valence-electron chi connectivity index (χ1n) is 5.84. The number of aromatic nitrogens is 1. The summed E-state index contributed by atoms with van der Waals surface area (Å²) in [4.78, 5) is 14.7. The Bertz CT molecular complexity index is 741. The highest BCUT2D eigenvalue weighted by Crippen LogP contribution is 2.21. The number of thiazole rings is 1. The molecule has 0 saturated heterocycles. The number of benzene rings is 1. The SMILES string of the molecule is O=C(O)c1cc(S(=O)(=O)NCCc2nccs2)ccc1O. The molecule has 0 unspecified atom stereocenters. The van der Waals surface area contributed by atoms with Crippen LogP contribution in [0.4, 0.5) is 0 Å². The van der Waals surface area contributed by atoms with Crippen LogP contribution >= 0.6 is 11.3 Å². The van der Waals surface area contributed by atoms with Gasteiger partial charge >= 0.3 is 5.97 Å². The van der Waals surface area contributed by atoms with E-state index < -0.39 is 27.3 Å². The van der Waals surface area contributed by atoms with Gasteiger partial charge in [-0.05, 0) is 18.2 Å². The Hall–Kier alpha value is -1.97. The molecule has 112 valence electrons. The highest BCUT2D eigenvalue weighted by atomic mass is 32.2. The number of nitrogens with one attached hydrogen (secondary N) is 1. The molecule has 2 aromatic rings. The zero-order chi connectivity index (χ0) is 15.5. The molecule has 1 heterocycles. The summed E-state index contributed by atoms with van der Waals surface area (Å²) < 4.78 is 26.5. The first-order valence-corrected chi connectivity index (χ1v) is 8.21. The number of carbonyl (C=O) groups is 1. The fourth-order valence-electron chi connectivity index (χ4n) is 1.61. The topological polar surface area (TPSA) is 117 Å². The third kappa shape index (κ3) is 3.78. The molecule has 21 heavy (non-hydrogen) atoms. The van der Waals surface area contributed by atoms with Crippen LogP contribution in [0.5, 0.6) is 5.75 Å². The third-order valence-electron chi connectivity index (χ3n) is 2.62.